The number of rotatable bonds is 7. The monoisotopic (exact) mass is 293 g/mol. The molecule has 20 heavy (non-hydrogen) atoms. The Labute approximate surface area is 124 Å². The molecule has 4 nitrogen and oxygen atoms in total. The summed E-state index contributed by atoms with van der Waals surface area (Å²) in [5, 5.41) is 3.99. The number of ether oxygens (including phenoxy) is 1. The van der Waals surface area contributed by atoms with Crippen molar-refractivity contribution in [2.24, 2.45) is 7.05 Å². The van der Waals surface area contributed by atoms with Crippen molar-refractivity contribution in [3.63, 3.8) is 0 Å². The molecule has 0 aliphatic rings. The lowest BCUT2D eigenvalue weighted by atomic mass is 10.2. The number of hydrogen-bond donors (Lipinski definition) is 1. The van der Waals surface area contributed by atoms with Gasteiger partial charge in [-0.3, -0.25) is 0 Å². The minimum absolute atomic E-state index is 0.462. The van der Waals surface area contributed by atoms with E-state index in [-0.39, 0.29) is 0 Å². The average Bonchev–Trinajstić information content (AvgIpc) is 2.84. The van der Waals surface area contributed by atoms with Crippen LogP contribution in [0, 0.1) is 0 Å². The van der Waals surface area contributed by atoms with Crippen molar-refractivity contribution in [2.45, 2.75) is 26.5 Å². The van der Waals surface area contributed by atoms with Gasteiger partial charge in [0.15, 0.2) is 0 Å². The van der Waals surface area contributed by atoms with Gasteiger partial charge >= 0.3 is 0 Å². The molecule has 1 heterocycles. The summed E-state index contributed by atoms with van der Waals surface area (Å²) in [7, 11) is 1.94. The quantitative estimate of drug-likeness (QED) is 0.797. The molecule has 0 aliphatic heterocycles. The van der Waals surface area contributed by atoms with Crippen LogP contribution in [-0.4, -0.2) is 16.1 Å². The summed E-state index contributed by atoms with van der Waals surface area (Å²) in [5.41, 5.74) is 2.17. The maximum Gasteiger partial charge on any atom is 0.138 e. The molecule has 1 N–H and O–H groups in total. The van der Waals surface area contributed by atoms with Crippen molar-refractivity contribution in [1.82, 2.24) is 14.9 Å². The van der Waals surface area contributed by atoms with E-state index in [1.807, 2.05) is 29.8 Å². The first-order valence-corrected chi connectivity index (χ1v) is 7.15. The van der Waals surface area contributed by atoms with E-state index in [2.05, 4.69) is 17.2 Å². The maximum atomic E-state index is 6.25. The van der Waals surface area contributed by atoms with E-state index in [4.69, 9.17) is 16.3 Å². The summed E-state index contributed by atoms with van der Waals surface area (Å²) in [6, 6.07) is 5.90. The van der Waals surface area contributed by atoms with E-state index >= 15 is 0 Å². The summed E-state index contributed by atoms with van der Waals surface area (Å²) in [6.07, 6.45) is 4.67. The van der Waals surface area contributed by atoms with Crippen molar-refractivity contribution < 1.29 is 4.74 Å². The second-order valence-electron chi connectivity index (χ2n) is 4.73. The lowest BCUT2D eigenvalue weighted by molar-refractivity contribution is 0.297. The molecule has 0 radical (unpaired) electrons. The van der Waals surface area contributed by atoms with Crippen molar-refractivity contribution in [2.75, 3.05) is 6.54 Å². The Morgan fingerprint density at radius 1 is 1.40 bits per heavy atom. The Morgan fingerprint density at radius 3 is 2.90 bits per heavy atom. The summed E-state index contributed by atoms with van der Waals surface area (Å²) >= 11 is 6.25. The van der Waals surface area contributed by atoms with Crippen molar-refractivity contribution in [3.05, 3.63) is 47.0 Å². The molecule has 0 aliphatic carbocycles. The first-order valence-electron chi connectivity index (χ1n) is 6.78. The van der Waals surface area contributed by atoms with Crippen LogP contribution < -0.4 is 10.1 Å². The molecule has 2 rings (SSSR count). The Balaban J connectivity index is 1.94. The highest BCUT2D eigenvalue weighted by Crippen LogP contribution is 2.26. The Kier molecular flexibility index (Phi) is 5.44. The molecule has 5 heteroatoms. The predicted octanol–water partition coefficient (Wildman–Crippen LogP) is 3.15. The molecule has 0 amide bonds. The number of nitrogens with one attached hydrogen (secondary N) is 1. The van der Waals surface area contributed by atoms with Crippen LogP contribution in [0.4, 0.5) is 0 Å². The molecule has 0 spiro atoms. The Hall–Kier alpha value is -1.52. The summed E-state index contributed by atoms with van der Waals surface area (Å²) in [6.45, 7) is 4.45. The second kappa shape index (κ2) is 7.31. The van der Waals surface area contributed by atoms with Crippen LogP contribution in [0.3, 0.4) is 0 Å². The molecule has 0 saturated heterocycles. The van der Waals surface area contributed by atoms with Crippen LogP contribution in [0.25, 0.3) is 0 Å². The molecule has 0 unspecified atom stereocenters. The van der Waals surface area contributed by atoms with Gasteiger partial charge in [-0.05, 0) is 30.7 Å². The molecular formula is C15H20ClN3O. The molecular weight excluding hydrogens is 274 g/mol. The van der Waals surface area contributed by atoms with Gasteiger partial charge in [-0.2, -0.15) is 0 Å². The SMILES string of the molecule is CCCNCc1ccc(OCc2cncn2C)c(Cl)c1. The fourth-order valence-corrected chi connectivity index (χ4v) is 2.11. The molecule has 0 fully saturated rings. The zero-order chi connectivity index (χ0) is 14.4. The first kappa shape index (κ1) is 14.9. The van der Waals surface area contributed by atoms with Crippen LogP contribution in [0.15, 0.2) is 30.7 Å². The topological polar surface area (TPSA) is 39.1 Å². The van der Waals surface area contributed by atoms with Gasteiger partial charge < -0.3 is 14.6 Å². The predicted molar refractivity (Wildman–Crippen MR) is 81.0 cm³/mol. The molecule has 0 atom stereocenters. The number of halogens is 1. The lowest BCUT2D eigenvalue weighted by Gasteiger charge is -2.10. The largest absolute Gasteiger partial charge is 0.486 e. The van der Waals surface area contributed by atoms with Crippen molar-refractivity contribution >= 4 is 11.6 Å². The standard InChI is InChI=1S/C15H20ClN3O/c1-3-6-17-8-12-4-5-15(14(16)7-12)20-10-13-9-18-11-19(13)2/h4-5,7,9,11,17H,3,6,8,10H2,1-2H3. The summed E-state index contributed by atoms with van der Waals surface area (Å²) in [4.78, 5) is 4.05. The van der Waals surface area contributed by atoms with Crippen LogP contribution >= 0.6 is 11.6 Å². The molecule has 108 valence electrons. The maximum absolute atomic E-state index is 6.25. The van der Waals surface area contributed by atoms with Crippen LogP contribution in [0.5, 0.6) is 5.75 Å². The zero-order valence-corrected chi connectivity index (χ0v) is 12.7. The van der Waals surface area contributed by atoms with Crippen molar-refractivity contribution in [1.29, 1.82) is 0 Å². The zero-order valence-electron chi connectivity index (χ0n) is 11.9. The molecule has 1 aromatic heterocycles. The third kappa shape index (κ3) is 3.99. The van der Waals surface area contributed by atoms with E-state index in [1.54, 1.807) is 12.5 Å². The summed E-state index contributed by atoms with van der Waals surface area (Å²) < 4.78 is 7.66. The number of imidazole rings is 1. The van der Waals surface area contributed by atoms with E-state index in [0.717, 1.165) is 30.8 Å². The highest BCUT2D eigenvalue weighted by atomic mass is 35.5. The van der Waals surface area contributed by atoms with Gasteiger partial charge in [0.25, 0.3) is 0 Å². The number of nitrogens with zero attached hydrogens (tertiary/aromatic N) is 2. The third-order valence-electron chi connectivity index (χ3n) is 3.04. The number of benzene rings is 1. The van der Waals surface area contributed by atoms with E-state index in [1.165, 1.54) is 0 Å². The number of hydrogen-bond acceptors (Lipinski definition) is 3. The Bertz CT molecular complexity index is 554. The van der Waals surface area contributed by atoms with E-state index in [9.17, 15) is 0 Å². The fraction of sp³-hybridized carbons (Fsp3) is 0.400. The van der Waals surface area contributed by atoms with Crippen LogP contribution in [-0.2, 0) is 20.2 Å². The highest BCUT2D eigenvalue weighted by Gasteiger charge is 2.05. The van der Waals surface area contributed by atoms with Crippen LogP contribution in [0.1, 0.15) is 24.6 Å². The van der Waals surface area contributed by atoms with Crippen molar-refractivity contribution in [3.8, 4) is 5.75 Å². The van der Waals surface area contributed by atoms with Gasteiger partial charge in [-0.1, -0.05) is 24.6 Å². The van der Waals surface area contributed by atoms with Gasteiger partial charge in [0.05, 0.1) is 23.2 Å². The second-order valence-corrected chi connectivity index (χ2v) is 5.13. The third-order valence-corrected chi connectivity index (χ3v) is 3.34. The van der Waals surface area contributed by atoms with E-state index < -0.39 is 0 Å². The summed E-state index contributed by atoms with van der Waals surface area (Å²) in [5.74, 6) is 0.701. The smallest absolute Gasteiger partial charge is 0.138 e. The van der Waals surface area contributed by atoms with E-state index in [0.29, 0.717) is 17.4 Å². The van der Waals surface area contributed by atoms with Gasteiger partial charge in [-0.15, -0.1) is 0 Å². The number of aromatic nitrogens is 2. The van der Waals surface area contributed by atoms with Gasteiger partial charge in [0, 0.05) is 13.6 Å². The van der Waals surface area contributed by atoms with Crippen LogP contribution in [0.2, 0.25) is 5.02 Å². The number of aryl methyl sites for hydroxylation is 1. The first-order chi connectivity index (χ1) is 9.70. The molecule has 0 saturated carbocycles. The molecule has 2 aromatic rings. The average molecular weight is 294 g/mol. The van der Waals surface area contributed by atoms with Gasteiger partial charge in [0.1, 0.15) is 12.4 Å². The highest BCUT2D eigenvalue weighted by molar-refractivity contribution is 6.32. The fourth-order valence-electron chi connectivity index (χ4n) is 1.86. The molecule has 0 bridgehead atoms. The normalized spacial score (nSPS) is 10.8. The lowest BCUT2D eigenvalue weighted by Crippen LogP contribution is -2.13. The minimum Gasteiger partial charge on any atom is -0.486 e. The minimum atomic E-state index is 0.462. The van der Waals surface area contributed by atoms with Gasteiger partial charge in [-0.25, -0.2) is 4.98 Å². The Morgan fingerprint density at radius 2 is 2.25 bits per heavy atom. The van der Waals surface area contributed by atoms with Gasteiger partial charge in [0.2, 0.25) is 0 Å². The molecule has 1 aromatic carbocycles.